The molecule has 0 amide bonds. The van der Waals surface area contributed by atoms with Crippen LogP contribution in [-0.2, 0) is 6.42 Å². The lowest BCUT2D eigenvalue weighted by Crippen LogP contribution is -2.24. The standard InChI is InChI=1S/C13H18FNS/c14-13-3-1-11(2-4-13)5-7-15-9-12-6-8-16-10-12/h1-4,12,15H,5-10H2. The van der Waals surface area contributed by atoms with Crippen molar-refractivity contribution < 1.29 is 4.39 Å². The van der Waals surface area contributed by atoms with E-state index in [0.717, 1.165) is 25.4 Å². The van der Waals surface area contributed by atoms with Gasteiger partial charge in [-0.1, -0.05) is 12.1 Å². The van der Waals surface area contributed by atoms with E-state index in [2.05, 4.69) is 17.1 Å². The van der Waals surface area contributed by atoms with Crippen LogP contribution in [0.25, 0.3) is 0 Å². The highest BCUT2D eigenvalue weighted by atomic mass is 32.2. The van der Waals surface area contributed by atoms with Gasteiger partial charge >= 0.3 is 0 Å². The molecule has 0 saturated carbocycles. The van der Waals surface area contributed by atoms with Gasteiger partial charge in [0.05, 0.1) is 0 Å². The van der Waals surface area contributed by atoms with Crippen LogP contribution in [0.3, 0.4) is 0 Å². The minimum atomic E-state index is -0.153. The molecule has 1 aliphatic heterocycles. The van der Waals surface area contributed by atoms with Crippen molar-refractivity contribution in [2.45, 2.75) is 12.8 Å². The number of halogens is 1. The Labute approximate surface area is 101 Å². The summed E-state index contributed by atoms with van der Waals surface area (Å²) in [6, 6.07) is 6.79. The minimum Gasteiger partial charge on any atom is -0.316 e. The highest BCUT2D eigenvalue weighted by Gasteiger charge is 2.14. The van der Waals surface area contributed by atoms with E-state index in [9.17, 15) is 4.39 Å². The fourth-order valence-corrected chi connectivity index (χ4v) is 3.22. The van der Waals surface area contributed by atoms with Crippen molar-refractivity contribution in [1.82, 2.24) is 5.32 Å². The lowest BCUT2D eigenvalue weighted by Gasteiger charge is -2.09. The van der Waals surface area contributed by atoms with Crippen LogP contribution in [-0.4, -0.2) is 24.6 Å². The summed E-state index contributed by atoms with van der Waals surface area (Å²) in [5.74, 6) is 3.34. The van der Waals surface area contributed by atoms with Gasteiger partial charge in [0.25, 0.3) is 0 Å². The summed E-state index contributed by atoms with van der Waals surface area (Å²) < 4.78 is 12.7. The zero-order chi connectivity index (χ0) is 11.2. The molecule has 1 fully saturated rings. The van der Waals surface area contributed by atoms with Crippen LogP contribution in [0, 0.1) is 11.7 Å². The summed E-state index contributed by atoms with van der Waals surface area (Å²) in [7, 11) is 0. The maximum Gasteiger partial charge on any atom is 0.123 e. The molecule has 0 aromatic heterocycles. The molecule has 16 heavy (non-hydrogen) atoms. The van der Waals surface area contributed by atoms with Gasteiger partial charge in [0, 0.05) is 0 Å². The Morgan fingerprint density at radius 2 is 2.12 bits per heavy atom. The second-order valence-electron chi connectivity index (χ2n) is 4.31. The van der Waals surface area contributed by atoms with Gasteiger partial charge in [-0.2, -0.15) is 11.8 Å². The number of thioether (sulfide) groups is 1. The molecule has 1 aromatic rings. The molecule has 0 bridgehead atoms. The highest BCUT2D eigenvalue weighted by Crippen LogP contribution is 2.22. The molecule has 1 nitrogen and oxygen atoms in total. The number of rotatable bonds is 5. The summed E-state index contributed by atoms with van der Waals surface area (Å²) >= 11 is 2.06. The van der Waals surface area contributed by atoms with E-state index in [0.29, 0.717) is 0 Å². The molecular formula is C13H18FNS. The lowest BCUT2D eigenvalue weighted by atomic mass is 10.1. The van der Waals surface area contributed by atoms with Crippen molar-refractivity contribution in [1.29, 1.82) is 0 Å². The first kappa shape index (κ1) is 11.9. The number of hydrogen-bond acceptors (Lipinski definition) is 2. The van der Waals surface area contributed by atoms with Crippen LogP contribution in [0.15, 0.2) is 24.3 Å². The quantitative estimate of drug-likeness (QED) is 0.793. The monoisotopic (exact) mass is 239 g/mol. The van der Waals surface area contributed by atoms with Gasteiger partial charge in [-0.15, -0.1) is 0 Å². The van der Waals surface area contributed by atoms with Gasteiger partial charge in [-0.05, 0) is 61.1 Å². The first-order valence-electron chi connectivity index (χ1n) is 5.87. The van der Waals surface area contributed by atoms with E-state index in [1.807, 2.05) is 12.1 Å². The molecular weight excluding hydrogens is 221 g/mol. The van der Waals surface area contributed by atoms with Gasteiger partial charge in [-0.3, -0.25) is 0 Å². The molecule has 1 atom stereocenters. The van der Waals surface area contributed by atoms with Gasteiger partial charge in [0.15, 0.2) is 0 Å². The maximum atomic E-state index is 12.7. The van der Waals surface area contributed by atoms with Crippen molar-refractivity contribution in [2.75, 3.05) is 24.6 Å². The topological polar surface area (TPSA) is 12.0 Å². The van der Waals surface area contributed by atoms with E-state index < -0.39 is 0 Å². The molecule has 2 rings (SSSR count). The van der Waals surface area contributed by atoms with Gasteiger partial charge in [-0.25, -0.2) is 4.39 Å². The second-order valence-corrected chi connectivity index (χ2v) is 5.46. The molecule has 1 aliphatic rings. The smallest absolute Gasteiger partial charge is 0.123 e. The number of hydrogen-bond donors (Lipinski definition) is 1. The summed E-state index contributed by atoms with van der Waals surface area (Å²) in [4.78, 5) is 0. The predicted octanol–water partition coefficient (Wildman–Crippen LogP) is 2.71. The largest absolute Gasteiger partial charge is 0.316 e. The normalized spacial score (nSPS) is 20.2. The molecule has 0 spiro atoms. The van der Waals surface area contributed by atoms with Crippen molar-refractivity contribution in [3.8, 4) is 0 Å². The van der Waals surface area contributed by atoms with Gasteiger partial charge < -0.3 is 5.32 Å². The number of benzene rings is 1. The molecule has 1 aromatic carbocycles. The molecule has 0 aliphatic carbocycles. The Kier molecular flexibility index (Phi) is 4.67. The third-order valence-electron chi connectivity index (χ3n) is 2.96. The van der Waals surface area contributed by atoms with Crippen molar-refractivity contribution >= 4 is 11.8 Å². The first-order chi connectivity index (χ1) is 7.84. The van der Waals surface area contributed by atoms with E-state index in [-0.39, 0.29) is 5.82 Å². The van der Waals surface area contributed by atoms with E-state index in [4.69, 9.17) is 0 Å². The van der Waals surface area contributed by atoms with Crippen LogP contribution in [0.1, 0.15) is 12.0 Å². The molecule has 1 heterocycles. The second kappa shape index (κ2) is 6.26. The molecule has 88 valence electrons. The minimum absolute atomic E-state index is 0.153. The lowest BCUT2D eigenvalue weighted by molar-refractivity contribution is 0.525. The fraction of sp³-hybridized carbons (Fsp3) is 0.538. The Bertz CT molecular complexity index is 306. The SMILES string of the molecule is Fc1ccc(CCNCC2CCSC2)cc1. The zero-order valence-corrected chi connectivity index (χ0v) is 10.2. The van der Waals surface area contributed by atoms with Gasteiger partial charge in [0.1, 0.15) is 5.82 Å². The summed E-state index contributed by atoms with van der Waals surface area (Å²) in [6.45, 7) is 2.13. The average molecular weight is 239 g/mol. The van der Waals surface area contributed by atoms with Crippen molar-refractivity contribution in [3.63, 3.8) is 0 Å². The summed E-state index contributed by atoms with van der Waals surface area (Å²) in [5, 5.41) is 3.48. The maximum absolute atomic E-state index is 12.7. The third kappa shape index (κ3) is 3.80. The number of nitrogens with one attached hydrogen (secondary N) is 1. The Balaban J connectivity index is 1.62. The first-order valence-corrected chi connectivity index (χ1v) is 7.03. The molecule has 1 unspecified atom stereocenters. The van der Waals surface area contributed by atoms with Crippen molar-refractivity contribution in [3.05, 3.63) is 35.6 Å². The van der Waals surface area contributed by atoms with Crippen LogP contribution in [0.2, 0.25) is 0 Å². The molecule has 3 heteroatoms. The molecule has 1 saturated heterocycles. The fourth-order valence-electron chi connectivity index (χ4n) is 1.93. The highest BCUT2D eigenvalue weighted by molar-refractivity contribution is 7.99. The Hall–Kier alpha value is -0.540. The zero-order valence-electron chi connectivity index (χ0n) is 9.42. The van der Waals surface area contributed by atoms with E-state index in [1.165, 1.54) is 35.6 Å². The summed E-state index contributed by atoms with van der Waals surface area (Å²) in [6.07, 6.45) is 2.34. The Morgan fingerprint density at radius 1 is 1.31 bits per heavy atom. The summed E-state index contributed by atoms with van der Waals surface area (Å²) in [5.41, 5.74) is 1.20. The molecule has 0 radical (unpaired) electrons. The van der Waals surface area contributed by atoms with Crippen LogP contribution < -0.4 is 5.32 Å². The van der Waals surface area contributed by atoms with Crippen LogP contribution >= 0.6 is 11.8 Å². The van der Waals surface area contributed by atoms with Crippen LogP contribution in [0.4, 0.5) is 4.39 Å². The van der Waals surface area contributed by atoms with Crippen molar-refractivity contribution in [2.24, 2.45) is 5.92 Å². The third-order valence-corrected chi connectivity index (χ3v) is 4.19. The predicted molar refractivity (Wildman–Crippen MR) is 68.4 cm³/mol. The van der Waals surface area contributed by atoms with E-state index in [1.54, 1.807) is 0 Å². The average Bonchev–Trinajstić information content (AvgIpc) is 2.80. The Morgan fingerprint density at radius 3 is 2.81 bits per heavy atom. The van der Waals surface area contributed by atoms with Crippen LogP contribution in [0.5, 0.6) is 0 Å². The molecule has 1 N–H and O–H groups in total. The van der Waals surface area contributed by atoms with E-state index >= 15 is 0 Å². The van der Waals surface area contributed by atoms with Gasteiger partial charge in [0.2, 0.25) is 0 Å².